The lowest BCUT2D eigenvalue weighted by molar-refractivity contribution is 0.0439. The van der Waals surface area contributed by atoms with E-state index in [0.717, 1.165) is 10.6 Å². The lowest BCUT2D eigenvalue weighted by atomic mass is 10.2. The van der Waals surface area contributed by atoms with Crippen molar-refractivity contribution < 1.29 is 27.1 Å². The molecule has 1 aromatic heterocycles. The van der Waals surface area contributed by atoms with Gasteiger partial charge in [-0.3, -0.25) is 4.31 Å². The van der Waals surface area contributed by atoms with Crippen LogP contribution < -0.4 is 9.04 Å². The van der Waals surface area contributed by atoms with Crippen LogP contribution in [0.4, 0.5) is 5.69 Å². The average Bonchev–Trinajstić information content (AvgIpc) is 3.20. The van der Waals surface area contributed by atoms with Crippen molar-refractivity contribution in [2.75, 3.05) is 24.7 Å². The average molecular weight is 417 g/mol. The molecule has 3 rings (SSSR count). The topological polar surface area (TPSA) is 112 Å². The number of ether oxygens (including phenoxy) is 2. The molecule has 0 N–H and O–H groups in total. The zero-order chi connectivity index (χ0) is 21.0. The van der Waals surface area contributed by atoms with E-state index in [4.69, 9.17) is 13.9 Å². The standard InChI is InChI=1S/C19H19N3O6S/c1-22(29(3,24)25)16-7-5-4-6-15(16)19(23)27-12-17-20-21-18(28-17)13-8-10-14(26-2)11-9-13/h4-11H,12H2,1-3H3. The quantitative estimate of drug-likeness (QED) is 0.539. The van der Waals surface area contributed by atoms with E-state index < -0.39 is 16.0 Å². The Morgan fingerprint density at radius 1 is 1.10 bits per heavy atom. The maximum absolute atomic E-state index is 12.5. The van der Waals surface area contributed by atoms with Crippen molar-refractivity contribution in [2.45, 2.75) is 6.61 Å². The number of para-hydroxylation sites is 1. The summed E-state index contributed by atoms with van der Waals surface area (Å²) in [6.45, 7) is -0.251. The number of methoxy groups -OCH3 is 1. The van der Waals surface area contributed by atoms with Gasteiger partial charge in [0.15, 0.2) is 6.61 Å². The number of nitrogens with zero attached hydrogens (tertiary/aromatic N) is 3. The van der Waals surface area contributed by atoms with Crippen molar-refractivity contribution in [1.29, 1.82) is 0 Å². The number of hydrogen-bond donors (Lipinski definition) is 0. The van der Waals surface area contributed by atoms with E-state index in [9.17, 15) is 13.2 Å². The van der Waals surface area contributed by atoms with Crippen LogP contribution in [0.2, 0.25) is 0 Å². The molecule has 152 valence electrons. The van der Waals surface area contributed by atoms with Gasteiger partial charge < -0.3 is 13.9 Å². The molecule has 0 bridgehead atoms. The van der Waals surface area contributed by atoms with E-state index >= 15 is 0 Å². The molecule has 0 aliphatic heterocycles. The number of carbonyl (C=O) groups is 1. The molecule has 0 radical (unpaired) electrons. The summed E-state index contributed by atoms with van der Waals surface area (Å²) in [5, 5.41) is 7.80. The van der Waals surface area contributed by atoms with Crippen LogP contribution in [0.5, 0.6) is 5.75 Å². The SMILES string of the molecule is COc1ccc(-c2nnc(COC(=O)c3ccccc3N(C)S(C)(=O)=O)o2)cc1. The summed E-state index contributed by atoms with van der Waals surface area (Å²) in [5.41, 5.74) is 1.01. The Kier molecular flexibility index (Phi) is 5.83. The minimum Gasteiger partial charge on any atom is -0.497 e. The molecular formula is C19H19N3O6S. The third-order valence-electron chi connectivity index (χ3n) is 4.09. The summed E-state index contributed by atoms with van der Waals surface area (Å²) in [6, 6.07) is 13.3. The predicted octanol–water partition coefficient (Wildman–Crippen LogP) is 2.50. The van der Waals surface area contributed by atoms with Gasteiger partial charge in [0.1, 0.15) is 5.75 Å². The largest absolute Gasteiger partial charge is 0.497 e. The van der Waals surface area contributed by atoms with E-state index in [1.54, 1.807) is 43.5 Å². The van der Waals surface area contributed by atoms with Crippen molar-refractivity contribution in [3.8, 4) is 17.2 Å². The highest BCUT2D eigenvalue weighted by Crippen LogP contribution is 2.24. The van der Waals surface area contributed by atoms with Gasteiger partial charge in [-0.05, 0) is 36.4 Å². The van der Waals surface area contributed by atoms with Gasteiger partial charge in [0.05, 0.1) is 24.6 Å². The third kappa shape index (κ3) is 4.72. The molecule has 10 heteroatoms. The van der Waals surface area contributed by atoms with Gasteiger partial charge in [0.25, 0.3) is 5.89 Å². The van der Waals surface area contributed by atoms with Crippen LogP contribution in [0.3, 0.4) is 0 Å². The van der Waals surface area contributed by atoms with Gasteiger partial charge in [-0.15, -0.1) is 10.2 Å². The molecule has 0 spiro atoms. The molecule has 9 nitrogen and oxygen atoms in total. The maximum Gasteiger partial charge on any atom is 0.340 e. The molecule has 29 heavy (non-hydrogen) atoms. The summed E-state index contributed by atoms with van der Waals surface area (Å²) in [6.07, 6.45) is 1.05. The first-order chi connectivity index (χ1) is 13.8. The van der Waals surface area contributed by atoms with Gasteiger partial charge in [-0.25, -0.2) is 13.2 Å². The molecule has 0 atom stereocenters. The molecular weight excluding hydrogens is 398 g/mol. The van der Waals surface area contributed by atoms with Crippen molar-refractivity contribution in [3.05, 3.63) is 60.0 Å². The Hall–Kier alpha value is -3.40. The fourth-order valence-corrected chi connectivity index (χ4v) is 2.98. The highest BCUT2D eigenvalue weighted by molar-refractivity contribution is 7.92. The Bertz CT molecular complexity index is 1110. The summed E-state index contributed by atoms with van der Waals surface area (Å²) in [4.78, 5) is 12.5. The van der Waals surface area contributed by atoms with Gasteiger partial charge in [-0.1, -0.05) is 12.1 Å². The second-order valence-electron chi connectivity index (χ2n) is 6.05. The van der Waals surface area contributed by atoms with Crippen molar-refractivity contribution in [2.24, 2.45) is 0 Å². The molecule has 3 aromatic rings. The molecule has 0 fully saturated rings. The number of sulfonamides is 1. The lowest BCUT2D eigenvalue weighted by Gasteiger charge is -2.19. The normalized spacial score (nSPS) is 11.1. The van der Waals surface area contributed by atoms with Crippen LogP contribution in [-0.2, 0) is 21.4 Å². The van der Waals surface area contributed by atoms with E-state index in [-0.39, 0.29) is 29.6 Å². The Morgan fingerprint density at radius 3 is 2.45 bits per heavy atom. The Morgan fingerprint density at radius 2 is 1.79 bits per heavy atom. The van der Waals surface area contributed by atoms with Gasteiger partial charge in [0.2, 0.25) is 15.9 Å². The van der Waals surface area contributed by atoms with Gasteiger partial charge in [0, 0.05) is 12.6 Å². The summed E-state index contributed by atoms with van der Waals surface area (Å²) >= 11 is 0. The third-order valence-corrected chi connectivity index (χ3v) is 5.28. The van der Waals surface area contributed by atoms with Crippen molar-refractivity contribution in [3.63, 3.8) is 0 Å². The number of aromatic nitrogens is 2. The second-order valence-corrected chi connectivity index (χ2v) is 8.07. The monoisotopic (exact) mass is 417 g/mol. The maximum atomic E-state index is 12.5. The number of esters is 1. The van der Waals surface area contributed by atoms with E-state index in [0.29, 0.717) is 11.3 Å². The van der Waals surface area contributed by atoms with E-state index in [1.807, 2.05) is 0 Å². The number of benzene rings is 2. The summed E-state index contributed by atoms with van der Waals surface area (Å²) in [7, 11) is -0.604. The van der Waals surface area contributed by atoms with E-state index in [2.05, 4.69) is 10.2 Å². The molecule has 2 aromatic carbocycles. The fourth-order valence-electron chi connectivity index (χ4n) is 2.47. The first-order valence-electron chi connectivity index (χ1n) is 8.46. The molecule has 0 saturated heterocycles. The summed E-state index contributed by atoms with van der Waals surface area (Å²) < 4.78 is 40.4. The number of carbonyl (C=O) groups excluding carboxylic acids is 1. The van der Waals surface area contributed by atoms with Crippen LogP contribution >= 0.6 is 0 Å². The van der Waals surface area contributed by atoms with Crippen LogP contribution in [0, 0.1) is 0 Å². The minimum atomic E-state index is -3.54. The van der Waals surface area contributed by atoms with Gasteiger partial charge >= 0.3 is 5.97 Å². The molecule has 0 amide bonds. The summed E-state index contributed by atoms with van der Waals surface area (Å²) in [5.74, 6) is 0.370. The minimum absolute atomic E-state index is 0.107. The van der Waals surface area contributed by atoms with Crippen LogP contribution in [-0.4, -0.2) is 45.0 Å². The Balaban J connectivity index is 1.71. The van der Waals surface area contributed by atoms with E-state index in [1.165, 1.54) is 19.2 Å². The zero-order valence-electron chi connectivity index (χ0n) is 16.0. The van der Waals surface area contributed by atoms with Crippen LogP contribution in [0.25, 0.3) is 11.5 Å². The number of rotatable bonds is 7. The van der Waals surface area contributed by atoms with Gasteiger partial charge in [-0.2, -0.15) is 0 Å². The highest BCUT2D eigenvalue weighted by atomic mass is 32.2. The second kappa shape index (κ2) is 8.31. The van der Waals surface area contributed by atoms with Crippen LogP contribution in [0.1, 0.15) is 16.2 Å². The first kappa shape index (κ1) is 20.3. The molecule has 0 aliphatic carbocycles. The smallest absolute Gasteiger partial charge is 0.340 e. The molecule has 1 heterocycles. The number of anilines is 1. The van der Waals surface area contributed by atoms with Crippen molar-refractivity contribution >= 4 is 21.7 Å². The molecule has 0 unspecified atom stereocenters. The first-order valence-corrected chi connectivity index (χ1v) is 10.3. The lowest BCUT2D eigenvalue weighted by Crippen LogP contribution is -2.26. The highest BCUT2D eigenvalue weighted by Gasteiger charge is 2.21. The predicted molar refractivity (Wildman–Crippen MR) is 105 cm³/mol. The zero-order valence-corrected chi connectivity index (χ0v) is 16.8. The molecule has 0 aliphatic rings. The fraction of sp³-hybridized carbons (Fsp3) is 0.211. The van der Waals surface area contributed by atoms with Crippen LogP contribution in [0.15, 0.2) is 52.9 Å². The Labute approximate surface area is 167 Å². The van der Waals surface area contributed by atoms with Crippen molar-refractivity contribution in [1.82, 2.24) is 10.2 Å². The molecule has 0 saturated carbocycles. The number of hydrogen-bond acceptors (Lipinski definition) is 8.